The Balaban J connectivity index is 1.84. The molecule has 0 saturated heterocycles. The number of anilines is 1. The molecule has 3 rings (SSSR count). The van der Waals surface area contributed by atoms with Gasteiger partial charge >= 0.3 is 0 Å². The van der Waals surface area contributed by atoms with Crippen LogP contribution in [0.4, 0.5) is 10.1 Å². The van der Waals surface area contributed by atoms with Gasteiger partial charge in [0.25, 0.3) is 5.56 Å². The highest BCUT2D eigenvalue weighted by molar-refractivity contribution is 5.95. The predicted molar refractivity (Wildman–Crippen MR) is 106 cm³/mol. The lowest BCUT2D eigenvalue weighted by molar-refractivity contribution is -0.120. The minimum absolute atomic E-state index is 0.0129. The van der Waals surface area contributed by atoms with Crippen molar-refractivity contribution < 1.29 is 9.18 Å². The molecule has 0 saturated carbocycles. The van der Waals surface area contributed by atoms with Crippen molar-refractivity contribution in [3.05, 3.63) is 76.5 Å². The lowest BCUT2D eigenvalue weighted by Crippen LogP contribution is -2.27. The Morgan fingerprint density at radius 2 is 1.81 bits per heavy atom. The third-order valence-electron chi connectivity index (χ3n) is 5.04. The Labute approximate surface area is 157 Å². The summed E-state index contributed by atoms with van der Waals surface area (Å²) in [6.45, 7) is 4.02. The van der Waals surface area contributed by atoms with Crippen molar-refractivity contribution >= 4 is 22.4 Å². The van der Waals surface area contributed by atoms with E-state index in [1.807, 2.05) is 13.8 Å². The SMILES string of the molecule is CCC(C(=O)Nc1ccc2c(=O)[nH]ccc2c1)C(CC)c1ccc(F)cc1. The molecule has 2 unspecified atom stereocenters. The number of H-pyrrole nitrogens is 1. The molecular weight excluding hydrogens is 343 g/mol. The number of aromatic nitrogens is 1. The number of hydrogen-bond donors (Lipinski definition) is 2. The van der Waals surface area contributed by atoms with E-state index in [1.165, 1.54) is 12.1 Å². The van der Waals surface area contributed by atoms with E-state index in [1.54, 1.807) is 42.6 Å². The second-order valence-electron chi connectivity index (χ2n) is 6.68. The predicted octanol–water partition coefficient (Wildman–Crippen LogP) is 4.83. The van der Waals surface area contributed by atoms with Gasteiger partial charge in [-0.25, -0.2) is 4.39 Å². The molecule has 0 bridgehead atoms. The quantitative estimate of drug-likeness (QED) is 0.657. The molecule has 4 nitrogen and oxygen atoms in total. The largest absolute Gasteiger partial charge is 0.329 e. The van der Waals surface area contributed by atoms with Gasteiger partial charge in [0.05, 0.1) is 0 Å². The van der Waals surface area contributed by atoms with E-state index in [0.29, 0.717) is 17.5 Å². The zero-order valence-corrected chi connectivity index (χ0v) is 15.5. The fourth-order valence-corrected chi connectivity index (χ4v) is 3.62. The number of rotatable bonds is 6. The molecule has 3 aromatic rings. The molecule has 140 valence electrons. The molecule has 0 aliphatic carbocycles. The van der Waals surface area contributed by atoms with Crippen LogP contribution >= 0.6 is 0 Å². The highest BCUT2D eigenvalue weighted by atomic mass is 19.1. The van der Waals surface area contributed by atoms with Crippen molar-refractivity contribution in [1.29, 1.82) is 0 Å². The normalized spacial score (nSPS) is 13.3. The lowest BCUT2D eigenvalue weighted by atomic mass is 9.82. The molecule has 1 aromatic heterocycles. The van der Waals surface area contributed by atoms with Gasteiger partial charge in [-0.1, -0.05) is 26.0 Å². The first-order chi connectivity index (χ1) is 13.0. The first kappa shape index (κ1) is 18.8. The van der Waals surface area contributed by atoms with Crippen LogP contribution in [0.15, 0.2) is 59.5 Å². The summed E-state index contributed by atoms with van der Waals surface area (Å²) in [5.74, 6) is -0.565. The monoisotopic (exact) mass is 366 g/mol. The lowest BCUT2D eigenvalue weighted by Gasteiger charge is -2.25. The highest BCUT2D eigenvalue weighted by Gasteiger charge is 2.27. The van der Waals surface area contributed by atoms with Crippen LogP contribution in [0.2, 0.25) is 0 Å². The summed E-state index contributed by atoms with van der Waals surface area (Å²) in [5.41, 5.74) is 1.47. The Morgan fingerprint density at radius 1 is 1.07 bits per heavy atom. The fraction of sp³-hybridized carbons (Fsp3) is 0.273. The van der Waals surface area contributed by atoms with Gasteiger partial charge in [-0.15, -0.1) is 0 Å². The molecule has 0 spiro atoms. The number of carbonyl (C=O) groups excluding carboxylic acids is 1. The smallest absolute Gasteiger partial charge is 0.255 e. The molecule has 0 aliphatic heterocycles. The minimum Gasteiger partial charge on any atom is -0.329 e. The summed E-state index contributed by atoms with van der Waals surface area (Å²) in [4.78, 5) is 27.4. The van der Waals surface area contributed by atoms with Crippen molar-refractivity contribution in [3.8, 4) is 0 Å². The van der Waals surface area contributed by atoms with Crippen LogP contribution in [-0.4, -0.2) is 10.9 Å². The first-order valence-electron chi connectivity index (χ1n) is 9.21. The molecular formula is C22H23FN2O2. The second kappa shape index (κ2) is 8.16. The second-order valence-corrected chi connectivity index (χ2v) is 6.68. The van der Waals surface area contributed by atoms with E-state index in [9.17, 15) is 14.0 Å². The summed E-state index contributed by atoms with van der Waals surface area (Å²) < 4.78 is 13.2. The van der Waals surface area contributed by atoms with Gasteiger partial charge in [0.1, 0.15) is 5.82 Å². The zero-order chi connectivity index (χ0) is 19.4. The maximum absolute atomic E-state index is 13.2. The standard InChI is InChI=1S/C22H23FN2O2/c1-3-18(14-5-7-16(23)8-6-14)19(4-2)22(27)25-17-9-10-20-15(13-17)11-12-24-21(20)26/h5-13,18-19H,3-4H2,1-2H3,(H,24,26)(H,25,27). The van der Waals surface area contributed by atoms with E-state index in [2.05, 4.69) is 10.3 Å². The molecule has 2 N–H and O–H groups in total. The average molecular weight is 366 g/mol. The molecule has 2 atom stereocenters. The molecule has 0 fully saturated rings. The van der Waals surface area contributed by atoms with Crippen LogP contribution in [-0.2, 0) is 4.79 Å². The minimum atomic E-state index is -0.280. The maximum Gasteiger partial charge on any atom is 0.255 e. The third kappa shape index (κ3) is 4.08. The molecule has 1 amide bonds. The van der Waals surface area contributed by atoms with Crippen LogP contribution in [0.1, 0.15) is 38.2 Å². The third-order valence-corrected chi connectivity index (χ3v) is 5.04. The fourth-order valence-electron chi connectivity index (χ4n) is 3.62. The van der Waals surface area contributed by atoms with E-state index in [-0.39, 0.29) is 29.1 Å². The van der Waals surface area contributed by atoms with Gasteiger partial charge in [-0.2, -0.15) is 0 Å². The average Bonchev–Trinajstić information content (AvgIpc) is 2.67. The molecule has 27 heavy (non-hydrogen) atoms. The van der Waals surface area contributed by atoms with Crippen LogP contribution in [0.3, 0.4) is 0 Å². The number of hydrogen-bond acceptors (Lipinski definition) is 2. The number of halogens is 1. The van der Waals surface area contributed by atoms with Gasteiger partial charge in [0.2, 0.25) is 5.91 Å². The van der Waals surface area contributed by atoms with Crippen LogP contribution < -0.4 is 10.9 Å². The van der Waals surface area contributed by atoms with Gasteiger partial charge in [0, 0.05) is 23.2 Å². The Kier molecular flexibility index (Phi) is 5.69. The van der Waals surface area contributed by atoms with E-state index in [4.69, 9.17) is 0 Å². The molecule has 2 aromatic carbocycles. The van der Waals surface area contributed by atoms with Crippen molar-refractivity contribution in [3.63, 3.8) is 0 Å². The number of carbonyl (C=O) groups is 1. The summed E-state index contributed by atoms with van der Waals surface area (Å²) >= 11 is 0. The number of pyridine rings is 1. The van der Waals surface area contributed by atoms with Gasteiger partial charge < -0.3 is 10.3 Å². The number of nitrogens with one attached hydrogen (secondary N) is 2. The number of fused-ring (bicyclic) bond motifs is 1. The topological polar surface area (TPSA) is 62.0 Å². The Hall–Kier alpha value is -2.95. The van der Waals surface area contributed by atoms with Gasteiger partial charge in [0.15, 0.2) is 0 Å². The van der Waals surface area contributed by atoms with Crippen molar-refractivity contribution in [2.24, 2.45) is 5.92 Å². The van der Waals surface area contributed by atoms with Gasteiger partial charge in [-0.3, -0.25) is 9.59 Å². The summed E-state index contributed by atoms with van der Waals surface area (Å²) in [6.07, 6.45) is 3.05. The van der Waals surface area contributed by atoms with Crippen LogP contribution in [0.5, 0.6) is 0 Å². The summed E-state index contributed by atoms with van der Waals surface area (Å²) in [5, 5.41) is 4.33. The molecule has 0 radical (unpaired) electrons. The van der Waals surface area contributed by atoms with Gasteiger partial charge in [-0.05, 0) is 66.1 Å². The summed E-state index contributed by atoms with van der Waals surface area (Å²) in [7, 11) is 0. The van der Waals surface area contributed by atoms with Crippen molar-refractivity contribution in [1.82, 2.24) is 4.98 Å². The van der Waals surface area contributed by atoms with E-state index >= 15 is 0 Å². The number of aromatic amines is 1. The molecule has 0 aliphatic rings. The van der Waals surface area contributed by atoms with Crippen LogP contribution in [0, 0.1) is 11.7 Å². The van der Waals surface area contributed by atoms with E-state index in [0.717, 1.165) is 17.4 Å². The first-order valence-corrected chi connectivity index (χ1v) is 9.21. The van der Waals surface area contributed by atoms with Crippen molar-refractivity contribution in [2.45, 2.75) is 32.6 Å². The number of benzene rings is 2. The Morgan fingerprint density at radius 3 is 2.48 bits per heavy atom. The Bertz CT molecular complexity index is 995. The van der Waals surface area contributed by atoms with E-state index < -0.39 is 0 Å². The summed E-state index contributed by atoms with van der Waals surface area (Å²) in [6, 6.07) is 13.4. The van der Waals surface area contributed by atoms with Crippen molar-refractivity contribution in [2.75, 3.05) is 5.32 Å². The highest BCUT2D eigenvalue weighted by Crippen LogP contribution is 2.31. The number of amides is 1. The molecule has 5 heteroatoms. The zero-order valence-electron chi connectivity index (χ0n) is 15.5. The van der Waals surface area contributed by atoms with Crippen LogP contribution in [0.25, 0.3) is 10.8 Å². The molecule has 1 heterocycles. The maximum atomic E-state index is 13.2.